The van der Waals surface area contributed by atoms with E-state index >= 15 is 0 Å². The van der Waals surface area contributed by atoms with Gasteiger partial charge in [0.25, 0.3) is 11.6 Å². The molecule has 0 radical (unpaired) electrons. The van der Waals surface area contributed by atoms with E-state index in [-0.39, 0.29) is 11.3 Å². The van der Waals surface area contributed by atoms with Crippen molar-refractivity contribution in [3.05, 3.63) is 93.3 Å². The Morgan fingerprint density at radius 3 is 2.38 bits per heavy atom. The lowest BCUT2D eigenvalue weighted by Gasteiger charge is -2.09. The average Bonchev–Trinajstić information content (AvgIpc) is 2.99. The van der Waals surface area contributed by atoms with E-state index in [0.29, 0.717) is 5.69 Å². The van der Waals surface area contributed by atoms with E-state index in [2.05, 4.69) is 5.32 Å². The molecule has 7 nitrogen and oxygen atoms in total. The van der Waals surface area contributed by atoms with E-state index in [0.717, 1.165) is 22.6 Å². The van der Waals surface area contributed by atoms with Gasteiger partial charge in [0.1, 0.15) is 11.6 Å². The minimum Gasteiger partial charge on any atom is -0.321 e. The number of nitro groups is 1. The number of aromatic nitrogens is 1. The normalized spacial score (nSPS) is 11.0. The summed E-state index contributed by atoms with van der Waals surface area (Å²) in [6.45, 7) is 3.76. The monoisotopic (exact) mass is 386 g/mol. The maximum Gasteiger partial charge on any atom is 0.269 e. The zero-order chi connectivity index (χ0) is 21.0. The predicted molar refractivity (Wildman–Crippen MR) is 111 cm³/mol. The number of hydrogen-bond donors (Lipinski definition) is 1. The van der Waals surface area contributed by atoms with Crippen LogP contribution >= 0.6 is 0 Å². The molecule has 0 aliphatic rings. The number of anilines is 1. The summed E-state index contributed by atoms with van der Waals surface area (Å²) in [5.74, 6) is -0.487. The first kappa shape index (κ1) is 19.6. The Hall–Kier alpha value is -4.18. The lowest BCUT2D eigenvalue weighted by molar-refractivity contribution is -0.384. The average molecular weight is 386 g/mol. The molecule has 29 heavy (non-hydrogen) atoms. The lowest BCUT2D eigenvalue weighted by Crippen LogP contribution is -2.13. The maximum atomic E-state index is 12.4. The predicted octanol–water partition coefficient (Wildman–Crippen LogP) is 4.55. The third-order valence-electron chi connectivity index (χ3n) is 4.49. The number of nitro benzene ring substituents is 1. The fourth-order valence-corrected chi connectivity index (χ4v) is 3.08. The van der Waals surface area contributed by atoms with Crippen molar-refractivity contribution in [3.8, 4) is 11.8 Å². The smallest absolute Gasteiger partial charge is 0.269 e. The second-order valence-electron chi connectivity index (χ2n) is 6.43. The molecule has 0 aliphatic heterocycles. The Balaban J connectivity index is 1.93. The Morgan fingerprint density at radius 2 is 1.79 bits per heavy atom. The van der Waals surface area contributed by atoms with Gasteiger partial charge >= 0.3 is 0 Å². The Bertz CT molecular complexity index is 1140. The van der Waals surface area contributed by atoms with Gasteiger partial charge in [0.05, 0.1) is 4.92 Å². The van der Waals surface area contributed by atoms with Crippen LogP contribution < -0.4 is 5.32 Å². The molecule has 1 N–H and O–H groups in total. The Kier molecular flexibility index (Phi) is 5.56. The molecule has 0 unspecified atom stereocenters. The van der Waals surface area contributed by atoms with Crippen LogP contribution in [0.1, 0.15) is 17.0 Å². The number of nitrogens with one attached hydrogen (secondary N) is 1. The highest BCUT2D eigenvalue weighted by Gasteiger charge is 2.14. The Labute approximate surface area is 167 Å². The second kappa shape index (κ2) is 8.23. The number of non-ortho nitro benzene ring substituents is 1. The third-order valence-corrected chi connectivity index (χ3v) is 4.49. The third kappa shape index (κ3) is 4.22. The fourth-order valence-electron chi connectivity index (χ4n) is 3.08. The summed E-state index contributed by atoms with van der Waals surface area (Å²) >= 11 is 0. The number of rotatable bonds is 5. The molecule has 0 aliphatic carbocycles. The molecule has 1 aromatic heterocycles. The van der Waals surface area contributed by atoms with E-state index in [9.17, 15) is 20.2 Å². The summed E-state index contributed by atoms with van der Waals surface area (Å²) in [6, 6.07) is 18.9. The summed E-state index contributed by atoms with van der Waals surface area (Å²) in [5.41, 5.74) is 3.78. The molecule has 144 valence electrons. The fraction of sp³-hybridized carbons (Fsp3) is 0.0909. The van der Waals surface area contributed by atoms with Crippen molar-refractivity contribution in [2.75, 3.05) is 5.32 Å². The number of carbonyl (C=O) groups is 1. The van der Waals surface area contributed by atoms with Gasteiger partial charge in [0.2, 0.25) is 0 Å². The van der Waals surface area contributed by atoms with Gasteiger partial charge in [-0.05, 0) is 55.8 Å². The van der Waals surface area contributed by atoms with Crippen LogP contribution in [0.3, 0.4) is 0 Å². The molecular formula is C22H18N4O3. The van der Waals surface area contributed by atoms with Crippen molar-refractivity contribution in [2.45, 2.75) is 13.8 Å². The summed E-state index contributed by atoms with van der Waals surface area (Å²) in [6.07, 6.45) is 1.54. The van der Waals surface area contributed by atoms with E-state index in [1.807, 2.05) is 36.6 Å². The molecule has 7 heteroatoms. The largest absolute Gasteiger partial charge is 0.321 e. The van der Waals surface area contributed by atoms with E-state index in [4.69, 9.17) is 0 Å². The van der Waals surface area contributed by atoms with E-state index in [1.54, 1.807) is 42.5 Å². The van der Waals surface area contributed by atoms with Gasteiger partial charge in [0.15, 0.2) is 0 Å². The van der Waals surface area contributed by atoms with Gasteiger partial charge in [-0.1, -0.05) is 18.2 Å². The number of benzene rings is 2. The zero-order valence-electron chi connectivity index (χ0n) is 15.9. The van der Waals surface area contributed by atoms with Crippen LogP contribution in [0.5, 0.6) is 0 Å². The molecule has 1 heterocycles. The minimum absolute atomic E-state index is 0.0145. The van der Waals surface area contributed by atoms with E-state index in [1.165, 1.54) is 12.1 Å². The number of para-hydroxylation sites is 1. The van der Waals surface area contributed by atoms with Crippen molar-refractivity contribution in [2.24, 2.45) is 0 Å². The molecule has 3 rings (SSSR count). The SMILES string of the molecule is Cc1cc(C=C(C#N)C(=O)Nc2ccccc2)c(C)n1-c1ccc([N+](=O)[O-])cc1. The molecule has 3 aromatic rings. The molecule has 2 aromatic carbocycles. The highest BCUT2D eigenvalue weighted by Crippen LogP contribution is 2.24. The van der Waals surface area contributed by atoms with Crippen molar-refractivity contribution >= 4 is 23.4 Å². The van der Waals surface area contributed by atoms with Crippen LogP contribution in [0.25, 0.3) is 11.8 Å². The van der Waals surface area contributed by atoms with Crippen molar-refractivity contribution in [1.29, 1.82) is 5.26 Å². The first-order chi connectivity index (χ1) is 13.9. The molecule has 0 atom stereocenters. The minimum atomic E-state index is -0.487. The van der Waals surface area contributed by atoms with Crippen LogP contribution in [-0.2, 0) is 4.79 Å². The van der Waals surface area contributed by atoms with Crippen LogP contribution in [0.2, 0.25) is 0 Å². The van der Waals surface area contributed by atoms with Gasteiger partial charge in [0, 0.05) is 34.9 Å². The van der Waals surface area contributed by atoms with Crippen molar-refractivity contribution in [1.82, 2.24) is 4.57 Å². The molecule has 1 amide bonds. The number of nitrogens with zero attached hydrogens (tertiary/aromatic N) is 3. The first-order valence-corrected chi connectivity index (χ1v) is 8.82. The molecule has 0 fully saturated rings. The summed E-state index contributed by atoms with van der Waals surface area (Å²) in [4.78, 5) is 22.9. The summed E-state index contributed by atoms with van der Waals surface area (Å²) in [5, 5.41) is 23.0. The number of hydrogen-bond acceptors (Lipinski definition) is 4. The molecule has 0 saturated carbocycles. The van der Waals surface area contributed by atoms with Gasteiger partial charge in [-0.2, -0.15) is 5.26 Å². The van der Waals surface area contributed by atoms with Crippen molar-refractivity contribution < 1.29 is 9.72 Å². The maximum absolute atomic E-state index is 12.4. The summed E-state index contributed by atoms with van der Waals surface area (Å²) < 4.78 is 1.92. The highest BCUT2D eigenvalue weighted by atomic mass is 16.6. The number of carbonyl (C=O) groups excluding carboxylic acids is 1. The van der Waals surface area contributed by atoms with Crippen molar-refractivity contribution in [3.63, 3.8) is 0 Å². The van der Waals surface area contributed by atoms with Crippen LogP contribution in [0, 0.1) is 35.3 Å². The Morgan fingerprint density at radius 1 is 1.14 bits per heavy atom. The lowest BCUT2D eigenvalue weighted by atomic mass is 10.1. The molecule has 0 saturated heterocycles. The molecular weight excluding hydrogens is 368 g/mol. The highest BCUT2D eigenvalue weighted by molar-refractivity contribution is 6.09. The van der Waals surface area contributed by atoms with Crippen LogP contribution in [-0.4, -0.2) is 15.4 Å². The first-order valence-electron chi connectivity index (χ1n) is 8.82. The quantitative estimate of drug-likeness (QED) is 0.301. The van der Waals surface area contributed by atoms with Gasteiger partial charge in [-0.15, -0.1) is 0 Å². The standard InChI is InChI=1S/C22H18N4O3/c1-15-12-17(13-18(14-23)22(27)24-19-6-4-3-5-7-19)16(2)25(15)20-8-10-21(11-9-20)26(28)29/h3-13H,1-2H3,(H,24,27). The van der Waals surface area contributed by atoms with Gasteiger partial charge < -0.3 is 9.88 Å². The molecule has 0 spiro atoms. The molecule has 0 bridgehead atoms. The van der Waals surface area contributed by atoms with Crippen LogP contribution in [0.4, 0.5) is 11.4 Å². The van der Waals surface area contributed by atoms with Gasteiger partial charge in [-0.3, -0.25) is 14.9 Å². The number of nitriles is 1. The second-order valence-corrected chi connectivity index (χ2v) is 6.43. The summed E-state index contributed by atoms with van der Waals surface area (Å²) in [7, 11) is 0. The van der Waals surface area contributed by atoms with Crippen LogP contribution in [0.15, 0.2) is 66.2 Å². The topological polar surface area (TPSA) is 101 Å². The van der Waals surface area contributed by atoms with E-state index < -0.39 is 10.8 Å². The number of aryl methyl sites for hydroxylation is 1. The van der Waals surface area contributed by atoms with Gasteiger partial charge in [-0.25, -0.2) is 0 Å². The number of amides is 1. The zero-order valence-corrected chi connectivity index (χ0v) is 15.9.